The van der Waals surface area contributed by atoms with Crippen molar-refractivity contribution in [2.75, 3.05) is 7.11 Å². The monoisotopic (exact) mass is 446 g/mol. The molecule has 5 heteroatoms. The predicted molar refractivity (Wildman–Crippen MR) is 107 cm³/mol. The average molecular weight is 446 g/mol. The van der Waals surface area contributed by atoms with Gasteiger partial charge >= 0.3 is 5.97 Å². The summed E-state index contributed by atoms with van der Waals surface area (Å²) < 4.78 is 6.14. The number of aromatic nitrogens is 1. The van der Waals surface area contributed by atoms with Crippen molar-refractivity contribution in [3.05, 3.63) is 74.8 Å². The molecule has 0 spiro atoms. The second kappa shape index (κ2) is 7.39. The fourth-order valence-corrected chi connectivity index (χ4v) is 3.58. The Kier molecular flexibility index (Phi) is 5.22. The number of nitrogens with zero attached hydrogens (tertiary/aromatic N) is 1. The second-order valence-corrected chi connectivity index (χ2v) is 7.22. The van der Waals surface area contributed by atoms with Crippen LogP contribution in [0.25, 0.3) is 11.3 Å². The topological polar surface area (TPSA) is 51.2 Å². The van der Waals surface area contributed by atoms with Gasteiger partial charge in [0, 0.05) is 32.6 Å². The van der Waals surface area contributed by atoms with Crippen molar-refractivity contribution >= 4 is 28.6 Å². The van der Waals surface area contributed by atoms with E-state index in [0.717, 1.165) is 28.2 Å². The van der Waals surface area contributed by atoms with E-state index in [-0.39, 0.29) is 11.9 Å². The van der Waals surface area contributed by atoms with Crippen LogP contribution in [0.2, 0.25) is 0 Å². The lowest BCUT2D eigenvalue weighted by Gasteiger charge is -2.25. The molecular weight excluding hydrogens is 427 g/mol. The Labute approximate surface area is 161 Å². The van der Waals surface area contributed by atoms with Gasteiger partial charge in [-0.15, -0.1) is 0 Å². The van der Waals surface area contributed by atoms with Crippen LogP contribution in [-0.2, 0) is 9.53 Å². The minimum absolute atomic E-state index is 0.161. The number of nitrogens with one attached hydrogen (secondary N) is 1. The summed E-state index contributed by atoms with van der Waals surface area (Å²) in [4.78, 5) is 16.8. The molecule has 1 atom stereocenters. The molecule has 2 heterocycles. The minimum Gasteiger partial charge on any atom is -0.466 e. The molecule has 4 nitrogen and oxygen atoms in total. The van der Waals surface area contributed by atoms with E-state index in [1.165, 1.54) is 10.7 Å². The Balaban J connectivity index is 1.97. The van der Waals surface area contributed by atoms with Gasteiger partial charge in [0.05, 0.1) is 18.4 Å². The van der Waals surface area contributed by atoms with E-state index in [0.29, 0.717) is 5.57 Å². The third-order valence-electron chi connectivity index (χ3n) is 4.19. The van der Waals surface area contributed by atoms with Gasteiger partial charge in [0.15, 0.2) is 0 Å². The molecule has 25 heavy (non-hydrogen) atoms. The fraction of sp³-hybridized carbons (Fsp3) is 0.200. The number of dihydropyridines is 1. The highest BCUT2D eigenvalue weighted by Crippen LogP contribution is 2.33. The van der Waals surface area contributed by atoms with E-state index in [9.17, 15) is 4.79 Å². The molecule has 0 aliphatic carbocycles. The number of benzene rings is 1. The van der Waals surface area contributed by atoms with Crippen molar-refractivity contribution in [2.45, 2.75) is 19.8 Å². The van der Waals surface area contributed by atoms with Gasteiger partial charge in [-0.25, -0.2) is 4.79 Å². The minimum atomic E-state index is -0.319. The molecule has 0 fully saturated rings. The first-order valence-corrected chi connectivity index (χ1v) is 9.04. The predicted octanol–water partition coefficient (Wildman–Crippen LogP) is 4.39. The summed E-state index contributed by atoms with van der Waals surface area (Å²) in [6.45, 7) is 3.88. The first-order chi connectivity index (χ1) is 12.0. The molecule has 0 radical (unpaired) electrons. The quantitative estimate of drug-likeness (QED) is 0.562. The highest BCUT2D eigenvalue weighted by atomic mass is 127. The van der Waals surface area contributed by atoms with Crippen molar-refractivity contribution in [3.8, 4) is 11.3 Å². The maximum absolute atomic E-state index is 12.2. The first kappa shape index (κ1) is 17.7. The molecule has 0 saturated carbocycles. The van der Waals surface area contributed by atoms with Crippen molar-refractivity contribution in [3.63, 3.8) is 0 Å². The van der Waals surface area contributed by atoms with Gasteiger partial charge in [-0.05, 0) is 60.2 Å². The smallest absolute Gasteiger partial charge is 0.336 e. The zero-order chi connectivity index (χ0) is 18.0. The average Bonchev–Trinajstić information content (AvgIpc) is 2.60. The van der Waals surface area contributed by atoms with Crippen LogP contribution in [0.1, 0.15) is 25.3 Å². The Morgan fingerprint density at radius 3 is 2.68 bits per heavy atom. The number of pyridine rings is 1. The molecular formula is C20H19IN2O2. The first-order valence-electron chi connectivity index (χ1n) is 7.96. The normalized spacial score (nSPS) is 17.0. The van der Waals surface area contributed by atoms with Crippen LogP contribution in [0.5, 0.6) is 0 Å². The molecule has 0 bridgehead atoms. The highest BCUT2D eigenvalue weighted by molar-refractivity contribution is 14.1. The summed E-state index contributed by atoms with van der Waals surface area (Å²) in [5, 5.41) is 3.21. The number of esters is 1. The highest BCUT2D eigenvalue weighted by Gasteiger charge is 2.27. The van der Waals surface area contributed by atoms with Crippen LogP contribution >= 0.6 is 22.6 Å². The number of carbonyl (C=O) groups excluding carboxylic acids is 1. The molecule has 1 aliphatic rings. The van der Waals surface area contributed by atoms with E-state index in [4.69, 9.17) is 4.74 Å². The fourth-order valence-electron chi connectivity index (χ4n) is 3.03. The largest absolute Gasteiger partial charge is 0.466 e. The molecule has 1 aromatic carbocycles. The Hall–Kier alpha value is -2.15. The Morgan fingerprint density at radius 2 is 2.04 bits per heavy atom. The van der Waals surface area contributed by atoms with Crippen molar-refractivity contribution < 1.29 is 9.53 Å². The summed E-state index contributed by atoms with van der Waals surface area (Å²) in [6, 6.07) is 12.2. The molecule has 0 saturated heterocycles. The van der Waals surface area contributed by atoms with Crippen LogP contribution in [0.15, 0.2) is 65.6 Å². The summed E-state index contributed by atoms with van der Waals surface area (Å²) in [5.74, 6) is -0.480. The van der Waals surface area contributed by atoms with Gasteiger partial charge in [-0.1, -0.05) is 24.3 Å². The molecule has 128 valence electrons. The molecule has 1 N–H and O–H groups in total. The molecule has 3 rings (SSSR count). The number of methoxy groups -OCH3 is 1. The number of carbonyl (C=O) groups is 1. The number of halogens is 1. The van der Waals surface area contributed by atoms with Gasteiger partial charge in [0.25, 0.3) is 0 Å². The molecule has 1 aromatic heterocycles. The van der Waals surface area contributed by atoms with Crippen LogP contribution in [0, 0.1) is 3.57 Å². The van der Waals surface area contributed by atoms with Crippen LogP contribution in [-0.4, -0.2) is 18.1 Å². The lowest BCUT2D eigenvalue weighted by Crippen LogP contribution is -2.25. The zero-order valence-corrected chi connectivity index (χ0v) is 16.5. The van der Waals surface area contributed by atoms with Gasteiger partial charge in [0.2, 0.25) is 0 Å². The van der Waals surface area contributed by atoms with Crippen molar-refractivity contribution in [1.29, 1.82) is 0 Å². The van der Waals surface area contributed by atoms with Crippen molar-refractivity contribution in [2.24, 2.45) is 0 Å². The maximum atomic E-state index is 12.2. The summed E-state index contributed by atoms with van der Waals surface area (Å²) in [5.41, 5.74) is 5.41. The Morgan fingerprint density at radius 1 is 1.24 bits per heavy atom. The van der Waals surface area contributed by atoms with E-state index >= 15 is 0 Å². The third-order valence-corrected chi connectivity index (χ3v) is 4.86. The Bertz CT molecular complexity index is 870. The number of hydrogen-bond donors (Lipinski definition) is 1. The second-order valence-electron chi connectivity index (χ2n) is 5.97. The summed E-state index contributed by atoms with van der Waals surface area (Å²) in [7, 11) is 1.41. The SMILES string of the molecule is COC(=O)C1=C(C)NC(C)=CC1c1ccc(-c2cccc(I)c2)nc1. The maximum Gasteiger partial charge on any atom is 0.336 e. The van der Waals surface area contributed by atoms with Crippen LogP contribution in [0.3, 0.4) is 0 Å². The van der Waals surface area contributed by atoms with Gasteiger partial charge in [-0.3, -0.25) is 4.98 Å². The van der Waals surface area contributed by atoms with Crippen LogP contribution in [0.4, 0.5) is 0 Å². The summed E-state index contributed by atoms with van der Waals surface area (Å²) in [6.07, 6.45) is 3.87. The molecule has 1 unspecified atom stereocenters. The van der Waals surface area contributed by atoms with E-state index < -0.39 is 0 Å². The summed E-state index contributed by atoms with van der Waals surface area (Å²) >= 11 is 2.29. The molecule has 2 aromatic rings. The third kappa shape index (κ3) is 3.76. The number of hydrogen-bond acceptors (Lipinski definition) is 4. The lowest BCUT2D eigenvalue weighted by atomic mass is 9.87. The number of ether oxygens (including phenoxy) is 1. The van der Waals surface area contributed by atoms with E-state index in [2.05, 4.69) is 45.0 Å². The van der Waals surface area contributed by atoms with E-state index in [1.807, 2.05) is 50.4 Å². The van der Waals surface area contributed by atoms with E-state index in [1.54, 1.807) is 0 Å². The molecule has 0 amide bonds. The van der Waals surface area contributed by atoms with Gasteiger partial charge in [-0.2, -0.15) is 0 Å². The van der Waals surface area contributed by atoms with Crippen LogP contribution < -0.4 is 5.32 Å². The van der Waals surface area contributed by atoms with Gasteiger partial charge in [0.1, 0.15) is 0 Å². The van der Waals surface area contributed by atoms with Gasteiger partial charge < -0.3 is 10.1 Å². The number of allylic oxidation sites excluding steroid dienone is 3. The standard InChI is InChI=1S/C20H19IN2O2/c1-12-9-17(19(13(2)23-12)20(24)25-3)15-7-8-18(22-11-15)14-5-4-6-16(21)10-14/h4-11,17,23H,1-3H3. The van der Waals surface area contributed by atoms with Crippen molar-refractivity contribution in [1.82, 2.24) is 10.3 Å². The number of rotatable bonds is 3. The zero-order valence-electron chi connectivity index (χ0n) is 14.3. The molecule has 1 aliphatic heterocycles. The lowest BCUT2D eigenvalue weighted by molar-refractivity contribution is -0.136.